The number of nitrogens with two attached hydrogens (primary N) is 3. The Kier molecular flexibility index (Phi) is 10.7. The summed E-state index contributed by atoms with van der Waals surface area (Å²) < 4.78 is 5.57. The molecule has 0 aromatic heterocycles. The van der Waals surface area contributed by atoms with Crippen LogP contribution in [0.5, 0.6) is 0 Å². The van der Waals surface area contributed by atoms with E-state index in [0.29, 0.717) is 38.9 Å². The van der Waals surface area contributed by atoms with Gasteiger partial charge in [-0.3, -0.25) is 19.4 Å². The summed E-state index contributed by atoms with van der Waals surface area (Å²) in [5.41, 5.74) is 16.2. The van der Waals surface area contributed by atoms with E-state index in [1.165, 1.54) is 4.90 Å². The van der Waals surface area contributed by atoms with Crippen LogP contribution in [0.15, 0.2) is 4.99 Å². The van der Waals surface area contributed by atoms with E-state index in [1.807, 2.05) is 27.7 Å². The zero-order valence-electron chi connectivity index (χ0n) is 19.1. The van der Waals surface area contributed by atoms with Gasteiger partial charge in [0, 0.05) is 19.6 Å². The van der Waals surface area contributed by atoms with Crippen LogP contribution in [0.3, 0.4) is 0 Å². The molecule has 11 nitrogen and oxygen atoms in total. The smallest absolute Gasteiger partial charge is 0.245 e. The number of guanidine groups is 1. The lowest BCUT2D eigenvalue weighted by atomic mass is 10.1. The van der Waals surface area contributed by atoms with E-state index in [9.17, 15) is 14.4 Å². The first kappa shape index (κ1) is 26.6. The van der Waals surface area contributed by atoms with Crippen LogP contribution < -0.4 is 27.8 Å². The van der Waals surface area contributed by atoms with Crippen molar-refractivity contribution in [3.05, 3.63) is 0 Å². The van der Waals surface area contributed by atoms with Gasteiger partial charge in [0.2, 0.25) is 17.7 Å². The van der Waals surface area contributed by atoms with E-state index in [0.717, 1.165) is 6.42 Å². The minimum atomic E-state index is -0.926. The van der Waals surface area contributed by atoms with Gasteiger partial charge in [-0.15, -0.1) is 0 Å². The normalized spacial score (nSPS) is 18.2. The van der Waals surface area contributed by atoms with Crippen molar-refractivity contribution in [3.8, 4) is 0 Å². The highest BCUT2D eigenvalue weighted by Gasteiger charge is 2.37. The largest absolute Gasteiger partial charge is 0.374 e. The summed E-state index contributed by atoms with van der Waals surface area (Å²) in [7, 11) is 0. The Morgan fingerprint density at radius 2 is 1.94 bits per heavy atom. The fourth-order valence-electron chi connectivity index (χ4n) is 3.25. The number of likely N-dealkylation sites (N-methyl/N-ethyl adjacent to an activating group) is 1. The Morgan fingerprint density at radius 3 is 2.52 bits per heavy atom. The van der Waals surface area contributed by atoms with Gasteiger partial charge in [-0.05, 0) is 53.4 Å². The van der Waals surface area contributed by atoms with Crippen LogP contribution in [0, 0.1) is 0 Å². The molecular weight excluding hydrogens is 402 g/mol. The van der Waals surface area contributed by atoms with Crippen LogP contribution in [0.1, 0.15) is 53.4 Å². The zero-order valence-corrected chi connectivity index (χ0v) is 19.1. The first-order valence-electron chi connectivity index (χ1n) is 10.8. The van der Waals surface area contributed by atoms with Crippen molar-refractivity contribution < 1.29 is 19.1 Å². The third-order valence-corrected chi connectivity index (χ3v) is 4.78. The molecule has 1 heterocycles. The maximum atomic E-state index is 13.2. The van der Waals surface area contributed by atoms with Gasteiger partial charge in [-0.1, -0.05) is 0 Å². The molecule has 1 rings (SSSR count). The number of rotatable bonds is 11. The SMILES string of the molecule is CCNC(=O)[C@@H]1CCCN1C(=O)[C@H](CCCN=C(N)N)NC(=O)[C@@H](N)COC(C)(C)C. The lowest BCUT2D eigenvalue weighted by Crippen LogP contribution is -2.56. The molecule has 3 amide bonds. The van der Waals surface area contributed by atoms with Crippen LogP contribution in [-0.2, 0) is 19.1 Å². The Bertz CT molecular complexity index is 644. The second-order valence-corrected chi connectivity index (χ2v) is 8.62. The van der Waals surface area contributed by atoms with E-state index in [2.05, 4.69) is 15.6 Å². The fourth-order valence-corrected chi connectivity index (χ4v) is 3.25. The summed E-state index contributed by atoms with van der Waals surface area (Å²) >= 11 is 0. The van der Waals surface area contributed by atoms with Gasteiger partial charge in [-0.25, -0.2) is 0 Å². The van der Waals surface area contributed by atoms with Crippen molar-refractivity contribution in [1.82, 2.24) is 15.5 Å². The minimum Gasteiger partial charge on any atom is -0.374 e. The zero-order chi connectivity index (χ0) is 23.6. The Balaban J connectivity index is 2.86. The molecule has 0 aromatic rings. The standard InChI is InChI=1S/C20H39N7O4/c1-5-24-17(29)15-9-7-11-27(15)18(30)14(8-6-10-25-19(22)23)26-16(28)13(21)12-31-20(2,3)4/h13-15H,5-12,21H2,1-4H3,(H,24,29)(H,26,28)(H4,22,23,25)/t13-,14-,15-/m0/s1. The average Bonchev–Trinajstić information content (AvgIpc) is 3.17. The molecule has 0 radical (unpaired) electrons. The van der Waals surface area contributed by atoms with Gasteiger partial charge >= 0.3 is 0 Å². The number of amides is 3. The third-order valence-electron chi connectivity index (χ3n) is 4.78. The van der Waals surface area contributed by atoms with E-state index in [4.69, 9.17) is 21.9 Å². The Hall–Kier alpha value is -2.40. The van der Waals surface area contributed by atoms with Gasteiger partial charge in [0.15, 0.2) is 5.96 Å². The summed E-state index contributed by atoms with van der Waals surface area (Å²) in [4.78, 5) is 43.7. The number of hydrogen-bond acceptors (Lipinski definition) is 6. The predicted molar refractivity (Wildman–Crippen MR) is 119 cm³/mol. The number of nitrogens with one attached hydrogen (secondary N) is 2. The van der Waals surface area contributed by atoms with E-state index in [1.54, 1.807) is 0 Å². The van der Waals surface area contributed by atoms with Gasteiger partial charge in [0.1, 0.15) is 18.1 Å². The van der Waals surface area contributed by atoms with Crippen molar-refractivity contribution in [3.63, 3.8) is 0 Å². The van der Waals surface area contributed by atoms with Gasteiger partial charge in [-0.2, -0.15) is 0 Å². The molecule has 11 heteroatoms. The minimum absolute atomic E-state index is 0.0233. The molecule has 31 heavy (non-hydrogen) atoms. The number of hydrogen-bond donors (Lipinski definition) is 5. The number of ether oxygens (including phenoxy) is 1. The second-order valence-electron chi connectivity index (χ2n) is 8.62. The number of aliphatic imine (C=N–C) groups is 1. The fraction of sp³-hybridized carbons (Fsp3) is 0.800. The van der Waals surface area contributed by atoms with Gasteiger partial charge in [0.25, 0.3) is 0 Å². The van der Waals surface area contributed by atoms with E-state index >= 15 is 0 Å². The highest BCUT2D eigenvalue weighted by Crippen LogP contribution is 2.20. The first-order valence-corrected chi connectivity index (χ1v) is 10.8. The van der Waals surface area contributed by atoms with Crippen LogP contribution in [-0.4, -0.2) is 78.5 Å². The number of likely N-dealkylation sites (tertiary alicyclic amines) is 1. The molecule has 1 aliphatic heterocycles. The Labute approximate surface area is 184 Å². The van der Waals surface area contributed by atoms with Crippen molar-refractivity contribution in [2.24, 2.45) is 22.2 Å². The predicted octanol–water partition coefficient (Wildman–Crippen LogP) is -1.21. The average molecular weight is 442 g/mol. The summed E-state index contributed by atoms with van der Waals surface area (Å²) in [5.74, 6) is -1.02. The molecule has 0 aromatic carbocycles. The molecule has 1 fully saturated rings. The van der Waals surface area contributed by atoms with Crippen LogP contribution >= 0.6 is 0 Å². The van der Waals surface area contributed by atoms with E-state index in [-0.39, 0.29) is 24.4 Å². The van der Waals surface area contributed by atoms with Crippen LogP contribution in [0.4, 0.5) is 0 Å². The van der Waals surface area contributed by atoms with E-state index < -0.39 is 29.6 Å². The quantitative estimate of drug-likeness (QED) is 0.152. The topological polar surface area (TPSA) is 178 Å². The molecule has 178 valence electrons. The molecular formula is C20H39N7O4. The maximum absolute atomic E-state index is 13.2. The van der Waals surface area contributed by atoms with Crippen molar-refractivity contribution in [1.29, 1.82) is 0 Å². The maximum Gasteiger partial charge on any atom is 0.245 e. The van der Waals surface area contributed by atoms with Crippen molar-refractivity contribution in [2.45, 2.75) is 77.1 Å². The third kappa shape index (κ3) is 9.52. The summed E-state index contributed by atoms with van der Waals surface area (Å²) in [5, 5.41) is 5.50. The highest BCUT2D eigenvalue weighted by molar-refractivity contribution is 5.93. The van der Waals surface area contributed by atoms with Crippen molar-refractivity contribution in [2.75, 3.05) is 26.2 Å². The van der Waals surface area contributed by atoms with Crippen molar-refractivity contribution >= 4 is 23.7 Å². The molecule has 3 atom stereocenters. The summed E-state index contributed by atoms with van der Waals surface area (Å²) in [6.07, 6.45) is 2.10. The molecule has 1 aliphatic rings. The molecule has 0 unspecified atom stereocenters. The molecule has 0 saturated carbocycles. The number of carbonyl (C=O) groups is 3. The first-order chi connectivity index (χ1) is 14.5. The van der Waals surface area contributed by atoms with Gasteiger partial charge in [0.05, 0.1) is 12.2 Å². The number of carbonyl (C=O) groups excluding carboxylic acids is 3. The van der Waals surface area contributed by atoms with Crippen LogP contribution in [0.25, 0.3) is 0 Å². The summed E-state index contributed by atoms with van der Waals surface area (Å²) in [6.45, 7) is 8.70. The molecule has 8 N–H and O–H groups in total. The molecule has 0 spiro atoms. The Morgan fingerprint density at radius 1 is 1.26 bits per heavy atom. The second kappa shape index (κ2) is 12.5. The highest BCUT2D eigenvalue weighted by atomic mass is 16.5. The molecule has 1 saturated heterocycles. The van der Waals surface area contributed by atoms with Crippen LogP contribution in [0.2, 0.25) is 0 Å². The molecule has 0 bridgehead atoms. The molecule has 0 aliphatic carbocycles. The lowest BCUT2D eigenvalue weighted by molar-refractivity contribution is -0.142. The number of nitrogens with zero attached hydrogens (tertiary/aromatic N) is 2. The monoisotopic (exact) mass is 441 g/mol. The lowest BCUT2D eigenvalue weighted by Gasteiger charge is -2.29. The summed E-state index contributed by atoms with van der Waals surface area (Å²) in [6, 6.07) is -2.30. The van der Waals surface area contributed by atoms with Gasteiger partial charge < -0.3 is 37.5 Å².